The summed E-state index contributed by atoms with van der Waals surface area (Å²) in [4.78, 5) is 26.9. The molecule has 2 aliphatic rings. The summed E-state index contributed by atoms with van der Waals surface area (Å²) in [6.45, 7) is 7.09. The first-order valence-electron chi connectivity index (χ1n) is 12.7. The van der Waals surface area contributed by atoms with Crippen molar-refractivity contribution in [2.45, 2.75) is 52.1 Å². The van der Waals surface area contributed by atoms with Gasteiger partial charge >= 0.3 is 12.0 Å². The molecule has 206 valence electrons. The largest absolute Gasteiger partial charge is 0.462 e. The first-order chi connectivity index (χ1) is 18.2. The minimum atomic E-state index is -3.30. The maximum atomic E-state index is 13.1. The van der Waals surface area contributed by atoms with Gasteiger partial charge in [0.25, 0.3) is 0 Å². The number of thiophene rings is 1. The van der Waals surface area contributed by atoms with Crippen LogP contribution < -0.4 is 10.6 Å². The number of hydrogen-bond acceptors (Lipinski definition) is 7. The predicted octanol–water partition coefficient (Wildman–Crippen LogP) is 4.29. The minimum Gasteiger partial charge on any atom is -0.462 e. The Morgan fingerprint density at radius 2 is 1.92 bits per heavy atom. The van der Waals surface area contributed by atoms with Crippen LogP contribution in [0.5, 0.6) is 0 Å². The Balaban J connectivity index is 1.57. The predicted molar refractivity (Wildman–Crippen MR) is 152 cm³/mol. The molecular weight excluding hydrogens is 545 g/mol. The number of aromatic nitrogens is 1. The lowest BCUT2D eigenvalue weighted by Gasteiger charge is -2.25. The van der Waals surface area contributed by atoms with E-state index in [-0.39, 0.29) is 13.2 Å². The number of amides is 2. The number of urea groups is 1. The summed E-state index contributed by atoms with van der Waals surface area (Å²) in [7, 11) is -3.30. The van der Waals surface area contributed by atoms with Gasteiger partial charge in [0.05, 0.1) is 23.5 Å². The van der Waals surface area contributed by atoms with Gasteiger partial charge < -0.3 is 19.9 Å². The van der Waals surface area contributed by atoms with Crippen LogP contribution in [0.15, 0.2) is 47.3 Å². The molecule has 0 atom stereocenters. The van der Waals surface area contributed by atoms with Crippen molar-refractivity contribution in [3.8, 4) is 5.00 Å². The van der Waals surface area contributed by atoms with Gasteiger partial charge in [0.15, 0.2) is 0 Å². The number of nitrogens with zero attached hydrogens (tertiary/aromatic N) is 2. The molecule has 0 fully saturated rings. The highest BCUT2D eigenvalue weighted by atomic mass is 32.2. The van der Waals surface area contributed by atoms with Crippen molar-refractivity contribution in [3.63, 3.8) is 0 Å². The summed E-state index contributed by atoms with van der Waals surface area (Å²) >= 11 is 2.98. The average molecular weight is 579 g/mol. The van der Waals surface area contributed by atoms with Gasteiger partial charge in [-0.1, -0.05) is 13.0 Å². The lowest BCUT2D eigenvalue weighted by molar-refractivity contribution is -0.138. The minimum absolute atomic E-state index is 0.238. The van der Waals surface area contributed by atoms with Gasteiger partial charge in [-0.2, -0.15) is 4.31 Å². The van der Waals surface area contributed by atoms with Crippen LogP contribution in [-0.2, 0) is 39.1 Å². The maximum Gasteiger partial charge on any atom is 0.341 e. The van der Waals surface area contributed by atoms with Crippen LogP contribution in [0.25, 0.3) is 5.00 Å². The summed E-state index contributed by atoms with van der Waals surface area (Å²) in [5.41, 5.74) is 3.06. The zero-order valence-electron chi connectivity index (χ0n) is 21.7. The molecule has 0 aromatic carbocycles. The van der Waals surface area contributed by atoms with Crippen molar-refractivity contribution in [3.05, 3.63) is 63.3 Å². The molecule has 38 heavy (non-hydrogen) atoms. The summed E-state index contributed by atoms with van der Waals surface area (Å²) < 4.78 is 33.0. The number of rotatable bonds is 7. The van der Waals surface area contributed by atoms with Gasteiger partial charge in [-0.25, -0.2) is 18.0 Å². The third-order valence-electron chi connectivity index (χ3n) is 6.50. The van der Waals surface area contributed by atoms with E-state index in [2.05, 4.69) is 17.2 Å². The van der Waals surface area contributed by atoms with E-state index in [0.29, 0.717) is 42.1 Å². The van der Waals surface area contributed by atoms with Crippen molar-refractivity contribution in [2.24, 2.45) is 0 Å². The van der Waals surface area contributed by atoms with Crippen LogP contribution in [0.2, 0.25) is 0 Å². The SMILES string of the molecule is C=C1CCCCCS/C(NC(=O)NCc2c(-n3cccc3)sc3c2CCN(S(C)(=O)=O)C3)=C\1C(=O)OCC. The van der Waals surface area contributed by atoms with Crippen LogP contribution in [-0.4, -0.2) is 54.5 Å². The van der Waals surface area contributed by atoms with Crippen molar-refractivity contribution in [2.75, 3.05) is 25.2 Å². The Kier molecular flexibility index (Phi) is 9.40. The highest BCUT2D eigenvalue weighted by molar-refractivity contribution is 8.03. The van der Waals surface area contributed by atoms with Crippen molar-refractivity contribution >= 4 is 45.1 Å². The van der Waals surface area contributed by atoms with Crippen LogP contribution in [0.3, 0.4) is 0 Å². The van der Waals surface area contributed by atoms with Gasteiger partial charge in [-0.05, 0) is 61.6 Å². The fraction of sp³-hybridized carbons (Fsp3) is 0.462. The summed E-state index contributed by atoms with van der Waals surface area (Å²) in [5, 5.41) is 7.28. The fourth-order valence-electron chi connectivity index (χ4n) is 4.58. The first-order valence-corrected chi connectivity index (χ1v) is 16.3. The molecule has 0 saturated heterocycles. The molecule has 0 saturated carbocycles. The molecule has 4 rings (SSSR count). The molecule has 2 aromatic heterocycles. The van der Waals surface area contributed by atoms with Gasteiger partial charge in [-0.3, -0.25) is 0 Å². The van der Waals surface area contributed by atoms with Crippen LogP contribution in [0.1, 0.15) is 48.6 Å². The lowest BCUT2D eigenvalue weighted by Crippen LogP contribution is -2.36. The fourth-order valence-corrected chi connectivity index (χ4v) is 7.88. The van der Waals surface area contributed by atoms with Crippen molar-refractivity contribution < 1.29 is 22.7 Å². The normalized spacial score (nSPS) is 19.2. The van der Waals surface area contributed by atoms with E-state index in [1.165, 1.54) is 22.3 Å². The van der Waals surface area contributed by atoms with E-state index in [1.54, 1.807) is 18.3 Å². The molecule has 12 heteroatoms. The monoisotopic (exact) mass is 578 g/mol. The highest BCUT2D eigenvalue weighted by Gasteiger charge is 2.29. The lowest BCUT2D eigenvalue weighted by atomic mass is 10.0. The molecule has 9 nitrogen and oxygen atoms in total. The third kappa shape index (κ3) is 6.71. The first kappa shape index (κ1) is 28.5. The molecule has 2 aliphatic heterocycles. The molecule has 4 heterocycles. The number of fused-ring (bicyclic) bond motifs is 1. The topological polar surface area (TPSA) is 110 Å². The summed E-state index contributed by atoms with van der Waals surface area (Å²) in [5.74, 6) is 0.303. The number of sulfonamides is 1. The molecule has 0 bridgehead atoms. The zero-order chi connectivity index (χ0) is 27.3. The number of hydrogen-bond donors (Lipinski definition) is 2. The highest BCUT2D eigenvalue weighted by Crippen LogP contribution is 2.36. The second-order valence-corrected chi connectivity index (χ2v) is 13.4. The average Bonchev–Trinajstić information content (AvgIpc) is 3.52. The number of ether oxygens (including phenoxy) is 1. The molecule has 0 spiro atoms. The summed E-state index contributed by atoms with van der Waals surface area (Å²) in [6, 6.07) is 3.43. The van der Waals surface area contributed by atoms with Crippen molar-refractivity contribution in [1.82, 2.24) is 19.5 Å². The van der Waals surface area contributed by atoms with E-state index in [4.69, 9.17) is 4.74 Å². The number of carbonyl (C=O) groups excluding carboxylic acids is 2. The third-order valence-corrected chi connectivity index (χ3v) is 10.1. The Bertz CT molecular complexity index is 1330. The number of esters is 1. The second kappa shape index (κ2) is 12.5. The Morgan fingerprint density at radius 1 is 1.16 bits per heavy atom. The van der Waals surface area contributed by atoms with E-state index in [9.17, 15) is 18.0 Å². The molecular formula is C26H34N4O5S3. The number of nitrogens with one attached hydrogen (secondary N) is 2. The summed E-state index contributed by atoms with van der Waals surface area (Å²) in [6.07, 6.45) is 9.30. The quantitative estimate of drug-likeness (QED) is 0.475. The van der Waals surface area contributed by atoms with E-state index in [1.807, 2.05) is 29.1 Å². The Labute approximate surface area is 232 Å². The van der Waals surface area contributed by atoms with Crippen LogP contribution >= 0.6 is 23.1 Å². The van der Waals surface area contributed by atoms with Crippen molar-refractivity contribution in [1.29, 1.82) is 0 Å². The smallest absolute Gasteiger partial charge is 0.341 e. The molecule has 0 unspecified atom stereocenters. The van der Waals surface area contributed by atoms with Gasteiger partial charge in [0.2, 0.25) is 10.0 Å². The van der Waals surface area contributed by atoms with E-state index < -0.39 is 22.0 Å². The maximum absolute atomic E-state index is 13.1. The standard InChI is InChI=1S/C26H34N4O5S3/c1-4-35-25(31)22-18(2)10-6-5-9-15-36-23(22)28-26(32)27-16-20-19-11-14-30(38(3,33)34)17-21(19)37-24(20)29-12-7-8-13-29/h7-8,12-13H,2,4-6,9-11,14-17H2,1,3H3,(H2,27,28,32)/b23-22+. The number of thioether (sulfide) groups is 1. The van der Waals surface area contributed by atoms with Gasteiger partial charge in [-0.15, -0.1) is 23.1 Å². The molecule has 2 aromatic rings. The zero-order valence-corrected chi connectivity index (χ0v) is 24.2. The molecule has 0 aliphatic carbocycles. The van der Waals surface area contributed by atoms with Gasteiger partial charge in [0, 0.05) is 42.5 Å². The number of carbonyl (C=O) groups is 2. The Hall–Kier alpha value is -2.54. The molecule has 0 radical (unpaired) electrons. The Morgan fingerprint density at radius 3 is 2.63 bits per heavy atom. The van der Waals surface area contributed by atoms with E-state index >= 15 is 0 Å². The second-order valence-electron chi connectivity index (χ2n) is 9.22. The van der Waals surface area contributed by atoms with Crippen LogP contribution in [0, 0.1) is 0 Å². The molecule has 2 amide bonds. The van der Waals surface area contributed by atoms with Gasteiger partial charge in [0.1, 0.15) is 5.00 Å². The molecule has 2 N–H and O–H groups in total. The van der Waals surface area contributed by atoms with E-state index in [0.717, 1.165) is 46.0 Å². The van der Waals surface area contributed by atoms with Crippen LogP contribution in [0.4, 0.5) is 4.79 Å².